The van der Waals surface area contributed by atoms with E-state index in [1.807, 2.05) is 56.4 Å². The number of hydrogen-bond donors (Lipinski definition) is 5. The van der Waals surface area contributed by atoms with E-state index in [4.69, 9.17) is 59.5 Å². The molecule has 0 amide bonds. The first kappa shape index (κ1) is 70.1. The molecule has 33 heteroatoms. The van der Waals surface area contributed by atoms with Gasteiger partial charge in [-0.05, 0) is 112 Å². The third-order valence-electron chi connectivity index (χ3n) is 10.5. The van der Waals surface area contributed by atoms with Crippen LogP contribution in [0.3, 0.4) is 0 Å². The number of anilines is 2. The SMILES string of the molecule is C#Cc1cc(-c2cccc(C#N)c2)nc(N)n1.CN[C@H](C)c1cccc(Cn2cc(-c3cc(-c4cccc(C#N)c4)nc(N)n3)nn2)n1.CS(N)(=O)=O.C[C@@H](NS(C)(=O)=O)c1cccc(CN=[N+]=[N-])n1.C[C@H](Cl)c1cccc(CN=[N+]=[N-])n1.O=S=O. The Balaban J connectivity index is 0.000000303. The molecule has 0 aliphatic heterocycles. The van der Waals surface area contributed by atoms with Crippen molar-refractivity contribution in [2.24, 2.45) is 15.4 Å². The van der Waals surface area contributed by atoms with Gasteiger partial charge in [-0.15, -0.1) is 23.1 Å². The van der Waals surface area contributed by atoms with E-state index < -0.39 is 37.7 Å². The van der Waals surface area contributed by atoms with E-state index in [9.17, 15) is 16.8 Å². The summed E-state index contributed by atoms with van der Waals surface area (Å²) in [6.45, 7) is 6.50. The van der Waals surface area contributed by atoms with Gasteiger partial charge in [0.15, 0.2) is 0 Å². The normalized spacial score (nSPS) is 11.2. The van der Waals surface area contributed by atoms with Crippen molar-refractivity contribution in [3.8, 4) is 58.4 Å². The van der Waals surface area contributed by atoms with Gasteiger partial charge in [-0.25, -0.2) is 51.3 Å². The zero-order valence-electron chi connectivity index (χ0n) is 46.8. The van der Waals surface area contributed by atoms with Crippen molar-refractivity contribution in [1.82, 2.24) is 59.9 Å². The van der Waals surface area contributed by atoms with Crippen molar-refractivity contribution in [3.63, 3.8) is 0 Å². The minimum absolute atomic E-state index is 0.119. The highest BCUT2D eigenvalue weighted by molar-refractivity contribution is 7.88. The van der Waals surface area contributed by atoms with Gasteiger partial charge in [-0.2, -0.15) is 18.9 Å². The fourth-order valence-corrected chi connectivity index (χ4v) is 7.67. The number of aromatic nitrogens is 10. The van der Waals surface area contributed by atoms with E-state index in [2.05, 4.69) is 105 Å². The first-order valence-electron chi connectivity index (χ1n) is 24.6. The van der Waals surface area contributed by atoms with Crippen LogP contribution in [-0.4, -0.2) is 94.7 Å². The number of nitrogen functional groups attached to an aromatic ring is 2. The molecule has 444 valence electrons. The van der Waals surface area contributed by atoms with Crippen LogP contribution in [0.4, 0.5) is 11.9 Å². The van der Waals surface area contributed by atoms with Crippen LogP contribution in [0.5, 0.6) is 0 Å². The predicted octanol–water partition coefficient (Wildman–Crippen LogP) is 7.09. The molecule has 0 spiro atoms. The van der Waals surface area contributed by atoms with E-state index in [1.54, 1.807) is 90.6 Å². The lowest BCUT2D eigenvalue weighted by molar-refractivity contribution is 0.569. The molecule has 8 aromatic rings. The number of alkyl halides is 1. The number of azide groups is 2. The molecule has 29 nitrogen and oxygen atoms in total. The zero-order valence-corrected chi connectivity index (χ0v) is 50.0. The van der Waals surface area contributed by atoms with E-state index >= 15 is 0 Å². The fourth-order valence-electron chi connectivity index (χ4n) is 6.79. The monoisotopic (exact) mass is 1240 g/mol. The molecular formula is C53H56ClN23O6S3. The number of nitrogens with two attached hydrogens (primary N) is 3. The molecule has 3 atom stereocenters. The first-order valence-corrected chi connectivity index (χ1v) is 29.6. The van der Waals surface area contributed by atoms with E-state index in [0.29, 0.717) is 57.5 Å². The van der Waals surface area contributed by atoms with Gasteiger partial charge >= 0.3 is 11.6 Å². The number of terminal acetylenes is 1. The first-order chi connectivity index (χ1) is 40.8. The van der Waals surface area contributed by atoms with Crippen molar-refractivity contribution < 1.29 is 25.3 Å². The second kappa shape index (κ2) is 35.7. The molecular weight excluding hydrogens is 1190 g/mol. The Labute approximate surface area is 504 Å². The van der Waals surface area contributed by atoms with E-state index in [1.165, 1.54) is 0 Å². The molecule has 0 unspecified atom stereocenters. The summed E-state index contributed by atoms with van der Waals surface area (Å²) in [6.07, 6.45) is 9.10. The molecule has 8 rings (SSSR count). The zero-order chi connectivity index (χ0) is 63.8. The number of halogens is 1. The molecule has 6 aromatic heterocycles. The Bertz CT molecular complexity index is 4070. The third kappa shape index (κ3) is 26.4. The fraction of sp³-hybridized carbons (Fsp3) is 0.226. The number of primary sulfonamides is 1. The van der Waals surface area contributed by atoms with Crippen molar-refractivity contribution >= 4 is 55.1 Å². The second-order valence-electron chi connectivity index (χ2n) is 17.4. The van der Waals surface area contributed by atoms with E-state index in [0.717, 1.165) is 46.4 Å². The Morgan fingerprint density at radius 2 is 1.12 bits per heavy atom. The highest BCUT2D eigenvalue weighted by atomic mass is 35.5. The van der Waals surface area contributed by atoms with Crippen LogP contribution in [-0.2, 0) is 51.3 Å². The van der Waals surface area contributed by atoms with Crippen molar-refractivity contribution in [2.75, 3.05) is 31.0 Å². The Hall–Kier alpha value is -10.2. The second-order valence-corrected chi connectivity index (χ2v) is 21.6. The summed E-state index contributed by atoms with van der Waals surface area (Å²) in [6, 6.07) is 38.2. The number of hydrogen-bond acceptors (Lipinski definition) is 22. The van der Waals surface area contributed by atoms with Gasteiger partial charge in [-0.1, -0.05) is 63.8 Å². The average Bonchev–Trinajstić information content (AvgIpc) is 4.11. The summed E-state index contributed by atoms with van der Waals surface area (Å²) in [5.74, 6) is 2.66. The van der Waals surface area contributed by atoms with E-state index in [-0.39, 0.29) is 36.4 Å². The predicted molar refractivity (Wildman–Crippen MR) is 324 cm³/mol. The van der Waals surface area contributed by atoms with Gasteiger partial charge in [0.25, 0.3) is 0 Å². The van der Waals surface area contributed by atoms with Gasteiger partial charge in [0.05, 0.1) is 113 Å². The lowest BCUT2D eigenvalue weighted by Crippen LogP contribution is -2.26. The van der Waals surface area contributed by atoms with Crippen molar-refractivity contribution in [2.45, 2.75) is 57.9 Å². The molecule has 0 fully saturated rings. The molecule has 86 heavy (non-hydrogen) atoms. The van der Waals surface area contributed by atoms with Gasteiger partial charge in [-0.3, -0.25) is 15.0 Å². The Morgan fingerprint density at radius 1 is 0.674 bits per heavy atom. The molecule has 0 bridgehead atoms. The van der Waals surface area contributed by atoms with Crippen LogP contribution in [0.2, 0.25) is 0 Å². The average molecular weight is 1240 g/mol. The highest BCUT2D eigenvalue weighted by Crippen LogP contribution is 2.25. The lowest BCUT2D eigenvalue weighted by atomic mass is 10.1. The van der Waals surface area contributed by atoms with Gasteiger partial charge in [0.2, 0.25) is 31.9 Å². The summed E-state index contributed by atoms with van der Waals surface area (Å²) < 4.78 is 61.7. The number of nitrogens with zero attached hydrogens (tertiary/aromatic N) is 18. The lowest BCUT2D eigenvalue weighted by Gasteiger charge is -2.12. The maximum absolute atomic E-state index is 11.1. The van der Waals surface area contributed by atoms with Crippen LogP contribution >= 0.6 is 11.6 Å². The third-order valence-corrected chi connectivity index (χ3v) is 11.5. The Morgan fingerprint density at radius 3 is 1.59 bits per heavy atom. The number of nitrogens with one attached hydrogen (secondary N) is 2. The van der Waals surface area contributed by atoms with Crippen molar-refractivity contribution in [3.05, 3.63) is 193 Å². The molecule has 8 N–H and O–H groups in total. The Kier molecular flexibility index (Phi) is 29.1. The minimum Gasteiger partial charge on any atom is -0.368 e. The van der Waals surface area contributed by atoms with Crippen LogP contribution in [0.25, 0.3) is 54.8 Å². The molecule has 0 saturated carbocycles. The molecule has 0 aliphatic carbocycles. The maximum atomic E-state index is 11.1. The smallest absolute Gasteiger partial charge is 0.335 e. The highest BCUT2D eigenvalue weighted by Gasteiger charge is 2.14. The van der Waals surface area contributed by atoms with Crippen LogP contribution < -0.4 is 26.6 Å². The van der Waals surface area contributed by atoms with Gasteiger partial charge in [0, 0.05) is 38.4 Å². The van der Waals surface area contributed by atoms with Crippen LogP contribution in [0, 0.1) is 35.0 Å². The molecule has 2 aromatic carbocycles. The molecule has 0 radical (unpaired) electrons. The standard InChI is InChI=1S/C22H21N9.C13H8N4.C9H13N5O2S.C8H9ClN4.CH5NO2S.O2S/c1-14(25-2)18-8-4-7-17(26-18)12-31-13-21(29-30-31)20-10-19(27-22(24)28-20)16-6-3-5-15(9-16)11-23;1-2-11-7-12(17-13(15)16-11)10-5-3-4-9(6-10)8-14;1-7(13-17(2,15)16)9-5-3-4-8(12-9)6-11-14-10;1-6(9)8-4-2-3-7(12-8)5-11-13-10;1-5(2,3)4;1-3-2/h3-10,13-14,25H,12H2,1-2H3,(H2,24,27,28);1,3-7H,(H2,15,16,17);3-5,7,13H,6H2,1-2H3;2-4,6H,5H2,1H3;1H3,(H2,2,3,4);/t14-;;7-;6-;;/m1.10../s1. The largest absolute Gasteiger partial charge is 0.368 e. The topological polar surface area (TPSA) is 471 Å². The van der Waals surface area contributed by atoms with Gasteiger partial charge < -0.3 is 16.8 Å². The van der Waals surface area contributed by atoms with Crippen LogP contribution in [0.15, 0.2) is 132 Å². The molecule has 0 saturated heterocycles. The summed E-state index contributed by atoms with van der Waals surface area (Å²) in [5, 5.41) is 40.6. The van der Waals surface area contributed by atoms with Gasteiger partial charge in [0.1, 0.15) is 11.4 Å². The minimum atomic E-state index is -3.27. The summed E-state index contributed by atoms with van der Waals surface area (Å²) in [5.41, 5.74) is 37.8. The van der Waals surface area contributed by atoms with Crippen molar-refractivity contribution in [1.29, 1.82) is 10.5 Å². The summed E-state index contributed by atoms with van der Waals surface area (Å²) >= 11 is 5.09. The molecule has 6 heterocycles. The molecule has 0 aliphatic rings. The number of pyridine rings is 3. The quantitative estimate of drug-likeness (QED) is 0.0225. The number of nitriles is 2. The maximum Gasteiger partial charge on any atom is 0.335 e. The number of rotatable bonds is 15. The van der Waals surface area contributed by atoms with Crippen LogP contribution in [0.1, 0.15) is 89.2 Å². The number of sulfonamides is 2. The summed E-state index contributed by atoms with van der Waals surface area (Å²) in [7, 11) is -4.54. The number of benzene rings is 2. The summed E-state index contributed by atoms with van der Waals surface area (Å²) in [4.78, 5) is 35.0.